The fourth-order valence-corrected chi connectivity index (χ4v) is 2.90. The molecular weight excluding hydrogens is 406 g/mol. The van der Waals surface area contributed by atoms with Crippen LogP contribution in [0.4, 0.5) is 0 Å². The van der Waals surface area contributed by atoms with Gasteiger partial charge in [0, 0.05) is 29.0 Å². The molecule has 4 rings (SSSR count). The van der Waals surface area contributed by atoms with Crippen molar-refractivity contribution in [2.45, 2.75) is 6.54 Å². The third kappa shape index (κ3) is 3.98. The molecule has 0 aliphatic rings. The molecule has 0 fully saturated rings. The van der Waals surface area contributed by atoms with Crippen LogP contribution in [0, 0.1) is 0 Å². The molecular formula is C20H16BrN5O. The smallest absolute Gasteiger partial charge is 0.254 e. The van der Waals surface area contributed by atoms with Crippen molar-refractivity contribution < 1.29 is 4.79 Å². The molecule has 0 aliphatic carbocycles. The second kappa shape index (κ2) is 7.59. The number of para-hydroxylation sites is 1. The zero-order valence-corrected chi connectivity index (χ0v) is 15.9. The van der Waals surface area contributed by atoms with E-state index >= 15 is 0 Å². The van der Waals surface area contributed by atoms with Gasteiger partial charge in [-0.2, -0.15) is 10.2 Å². The number of amides is 1. The highest BCUT2D eigenvalue weighted by Crippen LogP contribution is 2.14. The zero-order valence-electron chi connectivity index (χ0n) is 14.3. The first-order valence-electron chi connectivity index (χ1n) is 8.37. The van der Waals surface area contributed by atoms with Crippen molar-refractivity contribution in [2.75, 3.05) is 0 Å². The summed E-state index contributed by atoms with van der Waals surface area (Å²) in [5.41, 5.74) is 3.30. The van der Waals surface area contributed by atoms with Gasteiger partial charge in [-0.25, -0.2) is 9.36 Å². The number of benzene rings is 2. The lowest BCUT2D eigenvalue weighted by Crippen LogP contribution is -2.22. The van der Waals surface area contributed by atoms with E-state index in [4.69, 9.17) is 0 Å². The summed E-state index contributed by atoms with van der Waals surface area (Å²) in [5, 5.41) is 11.5. The number of nitrogens with one attached hydrogen (secondary N) is 1. The van der Waals surface area contributed by atoms with Gasteiger partial charge in [-0.3, -0.25) is 4.79 Å². The standard InChI is InChI=1S/C20H16BrN5O/c21-17-6-8-19(9-7-17)26-14-16(12-24-26)20(27)22-10-15-11-23-25(13-15)18-4-2-1-3-5-18/h1-9,11-14H,10H2,(H,22,27). The molecule has 27 heavy (non-hydrogen) atoms. The first kappa shape index (κ1) is 17.2. The molecule has 1 N–H and O–H groups in total. The van der Waals surface area contributed by atoms with E-state index in [1.807, 2.05) is 60.8 Å². The van der Waals surface area contributed by atoms with Crippen molar-refractivity contribution in [3.8, 4) is 11.4 Å². The first-order valence-corrected chi connectivity index (χ1v) is 9.16. The van der Waals surface area contributed by atoms with Gasteiger partial charge in [-0.05, 0) is 36.4 Å². The molecule has 0 spiro atoms. The molecule has 134 valence electrons. The summed E-state index contributed by atoms with van der Waals surface area (Å²) in [7, 11) is 0. The summed E-state index contributed by atoms with van der Waals surface area (Å²) in [6.07, 6.45) is 6.93. The SMILES string of the molecule is O=C(NCc1cnn(-c2ccccc2)c1)c1cnn(-c2ccc(Br)cc2)c1. The molecule has 0 unspecified atom stereocenters. The Balaban J connectivity index is 1.40. The fraction of sp³-hybridized carbons (Fsp3) is 0.0500. The maximum Gasteiger partial charge on any atom is 0.254 e. The number of hydrogen-bond acceptors (Lipinski definition) is 3. The molecule has 0 aliphatic heterocycles. The van der Waals surface area contributed by atoms with Crippen molar-refractivity contribution in [1.29, 1.82) is 0 Å². The minimum Gasteiger partial charge on any atom is -0.348 e. The molecule has 2 heterocycles. The van der Waals surface area contributed by atoms with Gasteiger partial charge in [0.2, 0.25) is 0 Å². The number of rotatable bonds is 5. The molecule has 0 bridgehead atoms. The molecule has 1 amide bonds. The van der Waals surface area contributed by atoms with E-state index in [9.17, 15) is 4.79 Å². The van der Waals surface area contributed by atoms with E-state index < -0.39 is 0 Å². The lowest BCUT2D eigenvalue weighted by Gasteiger charge is -2.02. The van der Waals surface area contributed by atoms with Gasteiger partial charge >= 0.3 is 0 Å². The fourth-order valence-electron chi connectivity index (χ4n) is 2.63. The lowest BCUT2D eigenvalue weighted by atomic mass is 10.3. The van der Waals surface area contributed by atoms with Crippen LogP contribution in [0.15, 0.2) is 83.9 Å². The van der Waals surface area contributed by atoms with Crippen molar-refractivity contribution in [2.24, 2.45) is 0 Å². The number of halogens is 1. The van der Waals surface area contributed by atoms with Gasteiger partial charge in [0.05, 0.1) is 29.3 Å². The lowest BCUT2D eigenvalue weighted by molar-refractivity contribution is 0.0951. The molecule has 4 aromatic rings. The Bertz CT molecular complexity index is 1050. The third-order valence-corrected chi connectivity index (χ3v) is 4.57. The minimum atomic E-state index is -0.175. The van der Waals surface area contributed by atoms with Crippen LogP contribution in [-0.4, -0.2) is 25.5 Å². The van der Waals surface area contributed by atoms with E-state index in [0.717, 1.165) is 21.4 Å². The Morgan fingerprint density at radius 2 is 1.56 bits per heavy atom. The van der Waals surface area contributed by atoms with Crippen LogP contribution in [0.5, 0.6) is 0 Å². The Labute approximate surface area is 164 Å². The van der Waals surface area contributed by atoms with Gasteiger partial charge in [-0.15, -0.1) is 0 Å². The highest BCUT2D eigenvalue weighted by Gasteiger charge is 2.10. The summed E-state index contributed by atoms with van der Waals surface area (Å²) < 4.78 is 4.45. The topological polar surface area (TPSA) is 64.7 Å². The second-order valence-electron chi connectivity index (χ2n) is 5.96. The van der Waals surface area contributed by atoms with E-state index in [0.29, 0.717) is 12.1 Å². The van der Waals surface area contributed by atoms with E-state index in [2.05, 4.69) is 31.4 Å². The van der Waals surface area contributed by atoms with Crippen LogP contribution < -0.4 is 5.32 Å². The Morgan fingerprint density at radius 3 is 2.33 bits per heavy atom. The third-order valence-electron chi connectivity index (χ3n) is 4.05. The number of nitrogens with zero attached hydrogens (tertiary/aromatic N) is 4. The van der Waals surface area contributed by atoms with Crippen molar-refractivity contribution in [3.63, 3.8) is 0 Å². The Kier molecular flexibility index (Phi) is 4.84. The molecule has 6 nitrogen and oxygen atoms in total. The summed E-state index contributed by atoms with van der Waals surface area (Å²) in [4.78, 5) is 12.4. The molecule has 2 aromatic carbocycles. The van der Waals surface area contributed by atoms with Crippen LogP contribution in [0.25, 0.3) is 11.4 Å². The second-order valence-corrected chi connectivity index (χ2v) is 6.88. The highest BCUT2D eigenvalue weighted by molar-refractivity contribution is 9.10. The highest BCUT2D eigenvalue weighted by atomic mass is 79.9. The van der Waals surface area contributed by atoms with Crippen molar-refractivity contribution >= 4 is 21.8 Å². The number of carbonyl (C=O) groups is 1. The number of aromatic nitrogens is 4. The van der Waals surface area contributed by atoms with Gasteiger partial charge in [0.15, 0.2) is 0 Å². The molecule has 0 saturated carbocycles. The normalized spacial score (nSPS) is 10.7. The first-order chi connectivity index (χ1) is 13.2. The van der Waals surface area contributed by atoms with Gasteiger partial charge < -0.3 is 5.32 Å². The van der Waals surface area contributed by atoms with Gasteiger partial charge in [0.25, 0.3) is 5.91 Å². The molecule has 2 aromatic heterocycles. The van der Waals surface area contributed by atoms with Crippen molar-refractivity contribution in [3.05, 3.63) is 95.0 Å². The predicted octanol–water partition coefficient (Wildman–Crippen LogP) is 3.75. The minimum absolute atomic E-state index is 0.175. The quantitative estimate of drug-likeness (QED) is 0.533. The van der Waals surface area contributed by atoms with Crippen LogP contribution in [0.1, 0.15) is 15.9 Å². The average molecular weight is 422 g/mol. The largest absolute Gasteiger partial charge is 0.348 e. The summed E-state index contributed by atoms with van der Waals surface area (Å²) >= 11 is 3.41. The molecule has 0 radical (unpaired) electrons. The van der Waals surface area contributed by atoms with Crippen molar-refractivity contribution in [1.82, 2.24) is 24.9 Å². The van der Waals surface area contributed by atoms with Gasteiger partial charge in [0.1, 0.15) is 0 Å². The Hall–Kier alpha value is -3.19. The summed E-state index contributed by atoms with van der Waals surface area (Å²) in [6.45, 7) is 0.398. The monoisotopic (exact) mass is 421 g/mol. The van der Waals surface area contributed by atoms with Gasteiger partial charge in [-0.1, -0.05) is 34.1 Å². The van der Waals surface area contributed by atoms with E-state index in [1.165, 1.54) is 0 Å². The molecule has 0 saturated heterocycles. The zero-order chi connectivity index (χ0) is 18.6. The maximum atomic E-state index is 12.4. The summed E-state index contributed by atoms with van der Waals surface area (Å²) in [5.74, 6) is -0.175. The predicted molar refractivity (Wildman–Crippen MR) is 106 cm³/mol. The maximum absolute atomic E-state index is 12.4. The average Bonchev–Trinajstić information content (AvgIpc) is 3.37. The Morgan fingerprint density at radius 1 is 0.889 bits per heavy atom. The van der Waals surface area contributed by atoms with Crippen LogP contribution in [0.2, 0.25) is 0 Å². The summed E-state index contributed by atoms with van der Waals surface area (Å²) in [6, 6.07) is 17.6. The van der Waals surface area contributed by atoms with E-state index in [1.54, 1.807) is 28.0 Å². The molecule has 0 atom stereocenters. The van der Waals surface area contributed by atoms with Crippen LogP contribution in [0.3, 0.4) is 0 Å². The van der Waals surface area contributed by atoms with Crippen LogP contribution in [-0.2, 0) is 6.54 Å². The van der Waals surface area contributed by atoms with Crippen LogP contribution >= 0.6 is 15.9 Å². The van der Waals surface area contributed by atoms with E-state index in [-0.39, 0.29) is 5.91 Å². The molecule has 7 heteroatoms. The number of carbonyl (C=O) groups excluding carboxylic acids is 1. The number of hydrogen-bond donors (Lipinski definition) is 1.